The number of allylic oxidation sites excluding steroid dienone is 1. The predicted molar refractivity (Wildman–Crippen MR) is 127 cm³/mol. The van der Waals surface area contributed by atoms with E-state index in [9.17, 15) is 18.0 Å². The lowest BCUT2D eigenvalue weighted by atomic mass is 9.85. The molecule has 2 aromatic rings. The van der Waals surface area contributed by atoms with Gasteiger partial charge in [0.15, 0.2) is 0 Å². The van der Waals surface area contributed by atoms with E-state index in [2.05, 4.69) is 26.1 Å². The number of benzene rings is 2. The van der Waals surface area contributed by atoms with Crippen molar-refractivity contribution in [2.24, 2.45) is 5.41 Å². The molecule has 4 nitrogen and oxygen atoms in total. The van der Waals surface area contributed by atoms with Crippen LogP contribution in [0, 0.1) is 10.8 Å². The van der Waals surface area contributed by atoms with E-state index in [-0.39, 0.29) is 23.1 Å². The number of anilines is 1. The molecule has 1 unspecified atom stereocenters. The Kier molecular flexibility index (Phi) is 7.22. The van der Waals surface area contributed by atoms with Gasteiger partial charge in [0, 0.05) is 23.8 Å². The van der Waals surface area contributed by atoms with E-state index in [1.54, 1.807) is 48.5 Å². The molecule has 1 saturated heterocycles. The largest absolute Gasteiger partial charge is 0.432 e. The van der Waals surface area contributed by atoms with Crippen LogP contribution in [0.2, 0.25) is 5.02 Å². The molecule has 2 N–H and O–H groups in total. The standard InChI is InChI=1S/C25H27ClF3N3O/c1-24(2,3)22-9-6-14-32(22)23(33)17-12-10-16(11-13-17)20(15-21(30)25(27,28)29)31-19-8-5-4-7-18(19)26/h4-5,7-8,10-13,15,22,30-31H,6,9,14H2,1-3H3/b20-15-,30-21?. The lowest BCUT2D eigenvalue weighted by molar-refractivity contribution is -0.0583. The van der Waals surface area contributed by atoms with E-state index < -0.39 is 11.9 Å². The van der Waals surface area contributed by atoms with Gasteiger partial charge < -0.3 is 10.2 Å². The van der Waals surface area contributed by atoms with Crippen LogP contribution in [0.3, 0.4) is 0 Å². The van der Waals surface area contributed by atoms with Crippen LogP contribution in [0.1, 0.15) is 49.5 Å². The van der Waals surface area contributed by atoms with Crippen LogP contribution in [0.4, 0.5) is 18.9 Å². The highest BCUT2D eigenvalue weighted by molar-refractivity contribution is 6.33. The van der Waals surface area contributed by atoms with E-state index in [4.69, 9.17) is 17.0 Å². The van der Waals surface area contributed by atoms with Gasteiger partial charge in [-0.25, -0.2) is 0 Å². The number of likely N-dealkylation sites (tertiary alicyclic amines) is 1. The summed E-state index contributed by atoms with van der Waals surface area (Å²) >= 11 is 6.16. The highest BCUT2D eigenvalue weighted by atomic mass is 35.5. The number of rotatable bonds is 5. The number of nitrogens with one attached hydrogen (secondary N) is 2. The molecule has 0 bridgehead atoms. The van der Waals surface area contributed by atoms with Crippen molar-refractivity contribution < 1.29 is 18.0 Å². The summed E-state index contributed by atoms with van der Waals surface area (Å²) in [5.41, 5.74) is -0.211. The van der Waals surface area contributed by atoms with E-state index in [1.165, 1.54) is 0 Å². The van der Waals surface area contributed by atoms with E-state index in [0.29, 0.717) is 28.4 Å². The topological polar surface area (TPSA) is 56.2 Å². The van der Waals surface area contributed by atoms with Crippen molar-refractivity contribution >= 4 is 34.6 Å². The summed E-state index contributed by atoms with van der Waals surface area (Å²) in [5.74, 6) is -0.0911. The Morgan fingerprint density at radius 2 is 1.70 bits per heavy atom. The number of halogens is 4. The van der Waals surface area contributed by atoms with Crippen molar-refractivity contribution in [3.8, 4) is 0 Å². The number of carbonyl (C=O) groups excluding carboxylic acids is 1. The molecule has 0 spiro atoms. The van der Waals surface area contributed by atoms with Crippen molar-refractivity contribution in [1.82, 2.24) is 4.90 Å². The first-order valence-electron chi connectivity index (χ1n) is 10.7. The molecule has 8 heteroatoms. The number of nitrogens with zero attached hydrogens (tertiary/aromatic N) is 1. The monoisotopic (exact) mass is 477 g/mol. The molecule has 1 atom stereocenters. The molecule has 176 valence electrons. The molecule has 33 heavy (non-hydrogen) atoms. The van der Waals surface area contributed by atoms with Gasteiger partial charge in [-0.2, -0.15) is 13.2 Å². The summed E-state index contributed by atoms with van der Waals surface area (Å²) in [6.45, 7) is 7.02. The molecule has 3 rings (SSSR count). The maximum Gasteiger partial charge on any atom is 0.432 e. The Morgan fingerprint density at radius 3 is 2.27 bits per heavy atom. The molecule has 1 fully saturated rings. The second-order valence-corrected chi connectivity index (χ2v) is 9.58. The molecular formula is C25H27ClF3N3O. The number of amides is 1. The zero-order valence-corrected chi connectivity index (χ0v) is 19.5. The van der Waals surface area contributed by atoms with E-state index in [1.807, 2.05) is 4.90 Å². The van der Waals surface area contributed by atoms with Crippen molar-refractivity contribution in [2.45, 2.75) is 45.8 Å². The third-order valence-electron chi connectivity index (χ3n) is 5.69. The number of hydrogen-bond acceptors (Lipinski definition) is 3. The molecule has 1 heterocycles. The summed E-state index contributed by atoms with van der Waals surface area (Å²) in [6.07, 6.45) is -2.18. The zero-order chi connectivity index (χ0) is 24.4. The fourth-order valence-electron chi connectivity index (χ4n) is 3.99. The van der Waals surface area contributed by atoms with Gasteiger partial charge in [-0.05, 0) is 54.2 Å². The van der Waals surface area contributed by atoms with E-state index >= 15 is 0 Å². The average molecular weight is 478 g/mol. The number of hydrogen-bond donors (Lipinski definition) is 2. The predicted octanol–water partition coefficient (Wildman–Crippen LogP) is 7.03. The van der Waals surface area contributed by atoms with Crippen LogP contribution < -0.4 is 5.32 Å². The first-order chi connectivity index (χ1) is 15.4. The summed E-state index contributed by atoms with van der Waals surface area (Å²) in [7, 11) is 0. The Balaban J connectivity index is 1.91. The van der Waals surface area contributed by atoms with Gasteiger partial charge in [-0.1, -0.05) is 56.6 Å². The number of alkyl halides is 3. The van der Waals surface area contributed by atoms with Crippen LogP contribution in [0.25, 0.3) is 5.70 Å². The average Bonchev–Trinajstić information content (AvgIpc) is 3.24. The molecule has 1 aliphatic heterocycles. The van der Waals surface area contributed by atoms with Crippen LogP contribution in [-0.4, -0.2) is 35.3 Å². The highest BCUT2D eigenvalue weighted by Crippen LogP contribution is 2.34. The van der Waals surface area contributed by atoms with Crippen LogP contribution in [0.15, 0.2) is 54.6 Å². The fourth-order valence-corrected chi connectivity index (χ4v) is 4.18. The van der Waals surface area contributed by atoms with Gasteiger partial charge in [0.05, 0.1) is 10.7 Å². The molecule has 1 amide bonds. The Labute approximate surface area is 196 Å². The second kappa shape index (κ2) is 9.59. The summed E-state index contributed by atoms with van der Waals surface area (Å²) in [5, 5.41) is 10.6. The highest BCUT2D eigenvalue weighted by Gasteiger charge is 2.37. The van der Waals surface area contributed by atoms with Crippen molar-refractivity contribution in [3.63, 3.8) is 0 Å². The molecule has 1 aliphatic rings. The minimum atomic E-state index is -4.79. The van der Waals surface area contributed by atoms with Crippen molar-refractivity contribution in [3.05, 3.63) is 70.8 Å². The lowest BCUT2D eigenvalue weighted by Gasteiger charge is -2.35. The quantitative estimate of drug-likeness (QED) is 0.454. The van der Waals surface area contributed by atoms with E-state index in [0.717, 1.165) is 18.9 Å². The van der Waals surface area contributed by atoms with Crippen LogP contribution in [-0.2, 0) is 0 Å². The number of para-hydroxylation sites is 1. The minimum absolute atomic E-state index is 0.0428. The third-order valence-corrected chi connectivity index (χ3v) is 6.02. The van der Waals surface area contributed by atoms with Gasteiger partial charge >= 0.3 is 6.18 Å². The van der Waals surface area contributed by atoms with Crippen LogP contribution in [0.5, 0.6) is 0 Å². The van der Waals surface area contributed by atoms with Crippen molar-refractivity contribution in [2.75, 3.05) is 11.9 Å². The Bertz CT molecular complexity index is 1060. The van der Waals surface area contributed by atoms with Gasteiger partial charge in [0.25, 0.3) is 5.91 Å². The lowest BCUT2D eigenvalue weighted by Crippen LogP contribution is -2.43. The summed E-state index contributed by atoms with van der Waals surface area (Å²) in [4.78, 5) is 15.0. The third kappa shape index (κ3) is 5.96. The van der Waals surface area contributed by atoms with Gasteiger partial charge in [0.1, 0.15) is 5.71 Å². The fraction of sp³-hybridized carbons (Fsp3) is 0.360. The first-order valence-corrected chi connectivity index (χ1v) is 11.1. The smallest absolute Gasteiger partial charge is 0.354 e. The maximum atomic E-state index is 13.1. The normalized spacial score (nSPS) is 17.2. The number of carbonyl (C=O) groups is 1. The second-order valence-electron chi connectivity index (χ2n) is 9.17. The maximum absolute atomic E-state index is 13.1. The minimum Gasteiger partial charge on any atom is -0.354 e. The molecule has 0 radical (unpaired) electrons. The molecule has 2 aromatic carbocycles. The molecular weight excluding hydrogens is 451 g/mol. The Hall–Kier alpha value is -2.80. The SMILES string of the molecule is CC(C)(C)C1CCCN1C(=O)c1ccc(/C(=C/C(=N)C(F)(F)F)Nc2ccccc2Cl)cc1. The van der Waals surface area contributed by atoms with Gasteiger partial charge in [0.2, 0.25) is 0 Å². The van der Waals surface area contributed by atoms with Gasteiger partial charge in [-0.15, -0.1) is 0 Å². The first kappa shape index (κ1) is 24.8. The van der Waals surface area contributed by atoms with Crippen molar-refractivity contribution in [1.29, 1.82) is 5.41 Å². The van der Waals surface area contributed by atoms with Gasteiger partial charge in [-0.3, -0.25) is 10.2 Å². The summed E-state index contributed by atoms with van der Waals surface area (Å²) in [6, 6.07) is 13.1. The molecule has 0 saturated carbocycles. The molecule has 0 aliphatic carbocycles. The summed E-state index contributed by atoms with van der Waals surface area (Å²) < 4.78 is 39.1. The van der Waals surface area contributed by atoms with Crippen LogP contribution >= 0.6 is 11.6 Å². The zero-order valence-electron chi connectivity index (χ0n) is 18.8. The Morgan fingerprint density at radius 1 is 1.09 bits per heavy atom. The molecule has 0 aromatic heterocycles.